The largest absolute Gasteiger partial charge is 0.318 e. The highest BCUT2D eigenvalue weighted by atomic mass is 32.2. The molecular weight excluding hydrogens is 346 g/mol. The lowest BCUT2D eigenvalue weighted by Gasteiger charge is -2.09. The van der Waals surface area contributed by atoms with Gasteiger partial charge in [0.25, 0.3) is 11.1 Å². The van der Waals surface area contributed by atoms with Gasteiger partial charge in [0.2, 0.25) is 0 Å². The van der Waals surface area contributed by atoms with Crippen molar-refractivity contribution in [3.05, 3.63) is 70.4 Å². The van der Waals surface area contributed by atoms with Crippen LogP contribution < -0.4 is 0 Å². The van der Waals surface area contributed by atoms with Crippen molar-refractivity contribution in [2.75, 3.05) is 6.54 Å². The molecule has 0 radical (unpaired) electrons. The lowest BCUT2D eigenvalue weighted by molar-refractivity contribution is -0.122. The van der Waals surface area contributed by atoms with Crippen molar-refractivity contribution < 1.29 is 9.59 Å². The molecule has 6 heteroatoms. The molecule has 0 aliphatic carbocycles. The van der Waals surface area contributed by atoms with Gasteiger partial charge in [-0.3, -0.25) is 14.5 Å². The summed E-state index contributed by atoms with van der Waals surface area (Å²) in [6, 6.07) is 11.4. The first kappa shape index (κ1) is 17.8. The van der Waals surface area contributed by atoms with Crippen molar-refractivity contribution in [1.82, 2.24) is 9.47 Å². The fourth-order valence-electron chi connectivity index (χ4n) is 2.94. The minimum absolute atomic E-state index is 0.215. The predicted molar refractivity (Wildman–Crippen MR) is 103 cm³/mol. The third-order valence-corrected chi connectivity index (χ3v) is 5.10. The first-order valence-electron chi connectivity index (χ1n) is 8.02. The van der Waals surface area contributed by atoms with Gasteiger partial charge in [-0.15, -0.1) is 6.58 Å². The van der Waals surface area contributed by atoms with Crippen LogP contribution in [0.4, 0.5) is 4.79 Å². The molecule has 2 amide bonds. The Hall–Kier alpha value is -3.04. The second-order valence-electron chi connectivity index (χ2n) is 5.90. The van der Waals surface area contributed by atoms with Gasteiger partial charge >= 0.3 is 0 Å². The molecule has 1 fully saturated rings. The molecule has 1 aromatic carbocycles. The molecular formula is C20H17N3O2S. The molecule has 1 aliphatic rings. The van der Waals surface area contributed by atoms with E-state index in [1.807, 2.05) is 32.0 Å². The highest BCUT2D eigenvalue weighted by molar-refractivity contribution is 8.18. The van der Waals surface area contributed by atoms with E-state index in [9.17, 15) is 9.59 Å². The average Bonchev–Trinajstić information content (AvgIpc) is 3.05. The minimum Gasteiger partial charge on any atom is -0.318 e. The number of rotatable bonds is 4. The fraction of sp³-hybridized carbons (Fsp3) is 0.150. The van der Waals surface area contributed by atoms with Gasteiger partial charge in [-0.25, -0.2) is 0 Å². The highest BCUT2D eigenvalue weighted by Gasteiger charge is 2.34. The summed E-state index contributed by atoms with van der Waals surface area (Å²) in [6.45, 7) is 7.73. The van der Waals surface area contributed by atoms with Crippen LogP contribution >= 0.6 is 11.8 Å². The zero-order valence-electron chi connectivity index (χ0n) is 14.5. The van der Waals surface area contributed by atoms with Crippen LogP contribution in [0.3, 0.4) is 0 Å². The molecule has 3 rings (SSSR count). The molecule has 130 valence electrons. The summed E-state index contributed by atoms with van der Waals surface area (Å²) in [5.41, 5.74) is 4.40. The molecule has 0 N–H and O–H groups in total. The van der Waals surface area contributed by atoms with Gasteiger partial charge in [-0.05, 0) is 67.6 Å². The van der Waals surface area contributed by atoms with Gasteiger partial charge < -0.3 is 4.57 Å². The summed E-state index contributed by atoms with van der Waals surface area (Å²) >= 11 is 0.947. The number of carbonyl (C=O) groups excluding carboxylic acids is 2. The molecule has 0 bridgehead atoms. The SMILES string of the molecule is C=CCN1C(=O)S/C(=C\c2cc(C)n(-c3ccc(C#N)cc3)c2C)C1=O. The molecule has 0 unspecified atom stereocenters. The highest BCUT2D eigenvalue weighted by Crippen LogP contribution is 2.33. The van der Waals surface area contributed by atoms with Crippen molar-refractivity contribution in [3.8, 4) is 11.8 Å². The summed E-state index contributed by atoms with van der Waals surface area (Å²) < 4.78 is 2.06. The van der Waals surface area contributed by atoms with Crippen molar-refractivity contribution in [2.24, 2.45) is 0 Å². The van der Waals surface area contributed by atoms with E-state index < -0.39 is 0 Å². The van der Waals surface area contributed by atoms with Gasteiger partial charge in [0.05, 0.1) is 16.5 Å². The van der Waals surface area contributed by atoms with Crippen LogP contribution in [0.5, 0.6) is 0 Å². The van der Waals surface area contributed by atoms with Crippen LogP contribution in [-0.4, -0.2) is 27.2 Å². The Morgan fingerprint density at radius 1 is 1.23 bits per heavy atom. The van der Waals surface area contributed by atoms with E-state index in [1.165, 1.54) is 11.0 Å². The maximum atomic E-state index is 12.4. The molecule has 0 spiro atoms. The third kappa shape index (κ3) is 3.09. The number of benzene rings is 1. The van der Waals surface area contributed by atoms with Crippen LogP contribution in [0.25, 0.3) is 11.8 Å². The summed E-state index contributed by atoms with van der Waals surface area (Å²) in [5, 5.41) is 8.67. The number of imide groups is 1. The lowest BCUT2D eigenvalue weighted by Crippen LogP contribution is -2.27. The van der Waals surface area contributed by atoms with Crippen LogP contribution in [0.2, 0.25) is 0 Å². The Kier molecular flexibility index (Phi) is 4.83. The maximum absolute atomic E-state index is 12.4. The maximum Gasteiger partial charge on any atom is 0.293 e. The predicted octanol–water partition coefficient (Wildman–Crippen LogP) is 4.19. The number of amides is 2. The molecule has 2 heterocycles. The van der Waals surface area contributed by atoms with Crippen LogP contribution in [0.15, 0.2) is 47.9 Å². The van der Waals surface area contributed by atoms with Crippen molar-refractivity contribution in [1.29, 1.82) is 5.26 Å². The van der Waals surface area contributed by atoms with E-state index in [2.05, 4.69) is 17.2 Å². The van der Waals surface area contributed by atoms with Crippen molar-refractivity contribution >= 4 is 29.0 Å². The first-order valence-corrected chi connectivity index (χ1v) is 8.83. The Bertz CT molecular complexity index is 978. The number of thioether (sulfide) groups is 1. The number of hydrogen-bond acceptors (Lipinski definition) is 4. The number of hydrogen-bond donors (Lipinski definition) is 0. The number of carbonyl (C=O) groups is 2. The lowest BCUT2D eigenvalue weighted by atomic mass is 10.2. The molecule has 2 aromatic rings. The van der Waals surface area contributed by atoms with Gasteiger partial charge in [0, 0.05) is 23.6 Å². The smallest absolute Gasteiger partial charge is 0.293 e. The first-order chi connectivity index (χ1) is 12.5. The number of aromatic nitrogens is 1. The zero-order valence-corrected chi connectivity index (χ0v) is 15.3. The van der Waals surface area contributed by atoms with Crippen molar-refractivity contribution in [2.45, 2.75) is 13.8 Å². The number of nitrogens with zero attached hydrogens (tertiary/aromatic N) is 3. The summed E-state index contributed by atoms with van der Waals surface area (Å²) in [7, 11) is 0. The average molecular weight is 363 g/mol. The van der Waals surface area contributed by atoms with E-state index >= 15 is 0 Å². The van der Waals surface area contributed by atoms with Gasteiger partial charge in [0.15, 0.2) is 0 Å². The Labute approximate surface area is 156 Å². The molecule has 0 saturated carbocycles. The summed E-state index contributed by atoms with van der Waals surface area (Å²) in [5.74, 6) is -0.289. The van der Waals surface area contributed by atoms with Crippen LogP contribution in [0, 0.1) is 25.2 Å². The van der Waals surface area contributed by atoms with E-state index in [-0.39, 0.29) is 17.7 Å². The van der Waals surface area contributed by atoms with E-state index in [0.717, 1.165) is 34.4 Å². The summed E-state index contributed by atoms with van der Waals surface area (Å²) in [4.78, 5) is 25.9. The molecule has 5 nitrogen and oxygen atoms in total. The van der Waals surface area contributed by atoms with Gasteiger partial charge in [-0.2, -0.15) is 5.26 Å². The zero-order chi connectivity index (χ0) is 18.8. The summed E-state index contributed by atoms with van der Waals surface area (Å²) in [6.07, 6.45) is 3.30. The number of nitriles is 1. The van der Waals surface area contributed by atoms with E-state index in [0.29, 0.717) is 10.5 Å². The quantitative estimate of drug-likeness (QED) is 0.603. The Morgan fingerprint density at radius 3 is 2.54 bits per heavy atom. The molecule has 26 heavy (non-hydrogen) atoms. The Balaban J connectivity index is 1.98. The van der Waals surface area contributed by atoms with Crippen LogP contribution in [0.1, 0.15) is 22.5 Å². The van der Waals surface area contributed by atoms with Gasteiger partial charge in [0.1, 0.15) is 0 Å². The molecule has 1 aliphatic heterocycles. The Morgan fingerprint density at radius 2 is 1.92 bits per heavy atom. The van der Waals surface area contributed by atoms with E-state index in [4.69, 9.17) is 5.26 Å². The molecule has 1 saturated heterocycles. The fourth-order valence-corrected chi connectivity index (χ4v) is 3.78. The van der Waals surface area contributed by atoms with Crippen molar-refractivity contribution in [3.63, 3.8) is 0 Å². The van der Waals surface area contributed by atoms with Crippen LogP contribution in [-0.2, 0) is 4.79 Å². The molecule has 1 aromatic heterocycles. The number of aryl methyl sites for hydroxylation is 1. The monoisotopic (exact) mass is 363 g/mol. The standard InChI is InChI=1S/C20H17N3O2S/c1-4-9-22-19(24)18(26-20(22)25)11-16-10-13(2)23(14(16)3)17-7-5-15(12-21)6-8-17/h4-8,10-11H,1,9H2,2-3H3/b18-11-. The second kappa shape index (κ2) is 7.06. The minimum atomic E-state index is -0.289. The molecule has 0 atom stereocenters. The van der Waals surface area contributed by atoms with Gasteiger partial charge in [-0.1, -0.05) is 6.08 Å². The third-order valence-electron chi connectivity index (χ3n) is 4.20. The van der Waals surface area contributed by atoms with E-state index in [1.54, 1.807) is 18.2 Å². The normalized spacial score (nSPS) is 15.6. The second-order valence-corrected chi connectivity index (χ2v) is 6.89. The topological polar surface area (TPSA) is 66.1 Å².